The molecule has 0 atom stereocenters. The standard InChI is InChI=1S/C21H29N3O5/c1-6-15(7-2)24(13-16-12-17(23-29-16)20(25)22-8-3)21(26)14-9-10-18(27-4)19(11-14)28-5/h9-12,15H,6-8,13H2,1-5H3,(H,22,25). The Labute approximate surface area is 171 Å². The van der Waals surface area contributed by atoms with Crippen LogP contribution in [0.15, 0.2) is 28.8 Å². The summed E-state index contributed by atoms with van der Waals surface area (Å²) in [6, 6.07) is 6.66. The number of benzene rings is 1. The second-order valence-corrected chi connectivity index (χ2v) is 6.51. The summed E-state index contributed by atoms with van der Waals surface area (Å²) >= 11 is 0. The zero-order valence-corrected chi connectivity index (χ0v) is 17.7. The third-order valence-electron chi connectivity index (χ3n) is 4.73. The van der Waals surface area contributed by atoms with Crippen molar-refractivity contribution in [2.24, 2.45) is 0 Å². The molecule has 29 heavy (non-hydrogen) atoms. The Hall–Kier alpha value is -3.03. The third-order valence-corrected chi connectivity index (χ3v) is 4.73. The SMILES string of the molecule is CCNC(=O)c1cc(CN(C(=O)c2ccc(OC)c(OC)c2)C(CC)CC)on1. The average molecular weight is 403 g/mol. The molecule has 0 fully saturated rings. The highest BCUT2D eigenvalue weighted by molar-refractivity contribution is 5.95. The van der Waals surface area contributed by atoms with Gasteiger partial charge in [0.25, 0.3) is 11.8 Å². The maximum Gasteiger partial charge on any atom is 0.273 e. The van der Waals surface area contributed by atoms with Gasteiger partial charge >= 0.3 is 0 Å². The van der Waals surface area contributed by atoms with Crippen LogP contribution in [0.4, 0.5) is 0 Å². The minimum atomic E-state index is -0.303. The Morgan fingerprint density at radius 2 is 1.79 bits per heavy atom. The second kappa shape index (κ2) is 10.5. The Bertz CT molecular complexity index is 829. The van der Waals surface area contributed by atoms with Crippen LogP contribution in [0.1, 0.15) is 60.2 Å². The predicted molar refractivity (Wildman–Crippen MR) is 108 cm³/mol. The summed E-state index contributed by atoms with van der Waals surface area (Å²) in [5.74, 6) is 1.03. The maximum absolute atomic E-state index is 13.3. The van der Waals surface area contributed by atoms with Crippen LogP contribution in [-0.2, 0) is 6.54 Å². The van der Waals surface area contributed by atoms with Gasteiger partial charge in [-0.15, -0.1) is 0 Å². The van der Waals surface area contributed by atoms with Gasteiger partial charge in [-0.05, 0) is 38.0 Å². The molecule has 0 saturated carbocycles. The molecule has 0 spiro atoms. The zero-order chi connectivity index (χ0) is 21.4. The molecule has 0 radical (unpaired) electrons. The van der Waals surface area contributed by atoms with Gasteiger partial charge in [0.15, 0.2) is 23.0 Å². The molecule has 0 aliphatic heterocycles. The summed E-state index contributed by atoms with van der Waals surface area (Å²) in [7, 11) is 3.08. The van der Waals surface area contributed by atoms with E-state index in [2.05, 4.69) is 10.5 Å². The normalized spacial score (nSPS) is 10.7. The number of carbonyl (C=O) groups is 2. The van der Waals surface area contributed by atoms with Crippen LogP contribution in [0.3, 0.4) is 0 Å². The van der Waals surface area contributed by atoms with E-state index < -0.39 is 0 Å². The Morgan fingerprint density at radius 3 is 2.38 bits per heavy atom. The number of nitrogens with zero attached hydrogens (tertiary/aromatic N) is 2. The molecular weight excluding hydrogens is 374 g/mol. The van der Waals surface area contributed by atoms with Crippen LogP contribution >= 0.6 is 0 Å². The predicted octanol–water partition coefficient (Wildman–Crippen LogP) is 3.27. The van der Waals surface area contributed by atoms with Crippen molar-refractivity contribution in [3.63, 3.8) is 0 Å². The molecule has 158 valence electrons. The van der Waals surface area contributed by atoms with Gasteiger partial charge in [0.05, 0.1) is 20.8 Å². The Morgan fingerprint density at radius 1 is 1.10 bits per heavy atom. The molecule has 1 heterocycles. The van der Waals surface area contributed by atoms with Gasteiger partial charge < -0.3 is 24.2 Å². The number of hydrogen-bond donors (Lipinski definition) is 1. The van der Waals surface area contributed by atoms with Crippen molar-refractivity contribution >= 4 is 11.8 Å². The van der Waals surface area contributed by atoms with Crippen LogP contribution in [0.5, 0.6) is 11.5 Å². The van der Waals surface area contributed by atoms with Crippen LogP contribution in [0, 0.1) is 0 Å². The van der Waals surface area contributed by atoms with Crippen LogP contribution in [0.25, 0.3) is 0 Å². The number of hydrogen-bond acceptors (Lipinski definition) is 6. The fourth-order valence-electron chi connectivity index (χ4n) is 3.14. The number of carbonyl (C=O) groups excluding carboxylic acids is 2. The second-order valence-electron chi connectivity index (χ2n) is 6.51. The largest absolute Gasteiger partial charge is 0.493 e. The van der Waals surface area contributed by atoms with Gasteiger partial charge in [-0.2, -0.15) is 0 Å². The van der Waals surface area contributed by atoms with Gasteiger partial charge in [-0.3, -0.25) is 9.59 Å². The van der Waals surface area contributed by atoms with E-state index in [1.54, 1.807) is 36.3 Å². The van der Waals surface area contributed by atoms with E-state index >= 15 is 0 Å². The van der Waals surface area contributed by atoms with Crippen molar-refractivity contribution < 1.29 is 23.6 Å². The molecule has 2 rings (SSSR count). The zero-order valence-electron chi connectivity index (χ0n) is 17.7. The van der Waals surface area contributed by atoms with E-state index in [0.29, 0.717) is 29.4 Å². The first kappa shape index (κ1) is 22.3. The van der Waals surface area contributed by atoms with Crippen LogP contribution in [-0.4, -0.2) is 48.7 Å². The quantitative estimate of drug-likeness (QED) is 0.654. The highest BCUT2D eigenvalue weighted by atomic mass is 16.5. The number of aromatic nitrogens is 1. The Kier molecular flexibility index (Phi) is 8.06. The van der Waals surface area contributed by atoms with Crippen LogP contribution in [0.2, 0.25) is 0 Å². The molecule has 1 aromatic carbocycles. The molecule has 1 aromatic heterocycles. The molecule has 0 unspecified atom stereocenters. The van der Waals surface area contributed by atoms with Gasteiger partial charge in [0.2, 0.25) is 0 Å². The summed E-state index contributed by atoms with van der Waals surface area (Å²) in [5.41, 5.74) is 0.683. The molecule has 2 aromatic rings. The van der Waals surface area contributed by atoms with Gasteiger partial charge in [0, 0.05) is 24.2 Å². The lowest BCUT2D eigenvalue weighted by Gasteiger charge is -2.30. The van der Waals surface area contributed by atoms with Gasteiger partial charge in [-0.25, -0.2) is 0 Å². The lowest BCUT2D eigenvalue weighted by Crippen LogP contribution is -2.39. The molecule has 8 heteroatoms. The fourth-order valence-corrected chi connectivity index (χ4v) is 3.14. The van der Waals surface area contributed by atoms with Gasteiger partial charge in [0.1, 0.15) is 0 Å². The van der Waals surface area contributed by atoms with E-state index in [1.165, 1.54) is 7.11 Å². The lowest BCUT2D eigenvalue weighted by molar-refractivity contribution is 0.0627. The molecule has 1 N–H and O–H groups in total. The number of ether oxygens (including phenoxy) is 2. The molecule has 2 amide bonds. The molecule has 0 aliphatic carbocycles. The summed E-state index contributed by atoms with van der Waals surface area (Å²) in [6.45, 7) is 6.60. The summed E-state index contributed by atoms with van der Waals surface area (Å²) in [5, 5.41) is 6.50. The van der Waals surface area contributed by atoms with E-state index in [9.17, 15) is 9.59 Å². The lowest BCUT2D eigenvalue weighted by atomic mass is 10.1. The molecule has 8 nitrogen and oxygen atoms in total. The number of methoxy groups -OCH3 is 2. The first-order valence-electron chi connectivity index (χ1n) is 9.75. The molecular formula is C21H29N3O5. The van der Waals surface area contributed by atoms with Gasteiger partial charge in [-0.1, -0.05) is 19.0 Å². The molecule has 0 saturated heterocycles. The van der Waals surface area contributed by atoms with Crippen molar-refractivity contribution in [1.29, 1.82) is 0 Å². The molecule has 0 aliphatic rings. The van der Waals surface area contributed by atoms with Crippen molar-refractivity contribution in [3.8, 4) is 11.5 Å². The number of nitrogens with one attached hydrogen (secondary N) is 1. The first-order valence-corrected chi connectivity index (χ1v) is 9.75. The Balaban J connectivity index is 2.31. The maximum atomic E-state index is 13.3. The van der Waals surface area contributed by atoms with Crippen molar-refractivity contribution in [3.05, 3.63) is 41.3 Å². The van der Waals surface area contributed by atoms with Crippen molar-refractivity contribution in [1.82, 2.24) is 15.4 Å². The minimum absolute atomic E-state index is 0.00798. The van der Waals surface area contributed by atoms with Crippen molar-refractivity contribution in [2.45, 2.75) is 46.2 Å². The monoisotopic (exact) mass is 403 g/mol. The number of amides is 2. The summed E-state index contributed by atoms with van der Waals surface area (Å²) in [6.07, 6.45) is 1.57. The summed E-state index contributed by atoms with van der Waals surface area (Å²) < 4.78 is 15.9. The van der Waals surface area contributed by atoms with Crippen LogP contribution < -0.4 is 14.8 Å². The third kappa shape index (κ3) is 5.28. The minimum Gasteiger partial charge on any atom is -0.493 e. The van der Waals surface area contributed by atoms with Crippen molar-refractivity contribution in [2.75, 3.05) is 20.8 Å². The highest BCUT2D eigenvalue weighted by Crippen LogP contribution is 2.29. The average Bonchev–Trinajstić information content (AvgIpc) is 3.21. The number of rotatable bonds is 10. The van der Waals surface area contributed by atoms with E-state index in [-0.39, 0.29) is 30.1 Å². The first-order chi connectivity index (χ1) is 14.0. The highest BCUT2D eigenvalue weighted by Gasteiger charge is 2.25. The fraction of sp³-hybridized carbons (Fsp3) is 0.476. The molecule has 0 bridgehead atoms. The smallest absolute Gasteiger partial charge is 0.273 e. The topological polar surface area (TPSA) is 93.9 Å². The van der Waals surface area contributed by atoms with E-state index in [4.69, 9.17) is 14.0 Å². The summed E-state index contributed by atoms with van der Waals surface area (Å²) in [4.78, 5) is 27.0. The van der Waals surface area contributed by atoms with E-state index in [1.807, 2.05) is 20.8 Å². The van der Waals surface area contributed by atoms with E-state index in [0.717, 1.165) is 12.8 Å².